The Morgan fingerprint density at radius 2 is 1.69 bits per heavy atom. The molecule has 0 aliphatic heterocycles. The van der Waals surface area contributed by atoms with Gasteiger partial charge in [-0.25, -0.2) is 0 Å². The third-order valence-electron chi connectivity index (χ3n) is 4.05. The number of hydrogen-bond acceptors (Lipinski definition) is 4. The van der Waals surface area contributed by atoms with Gasteiger partial charge in [0.05, 0.1) is 11.4 Å². The predicted molar refractivity (Wildman–Crippen MR) is 123 cm³/mol. The van der Waals surface area contributed by atoms with Crippen LogP contribution >= 0.6 is 27.7 Å². The van der Waals surface area contributed by atoms with Crippen LogP contribution in [0, 0.1) is 13.8 Å². The highest BCUT2D eigenvalue weighted by molar-refractivity contribution is 9.10. The average Bonchev–Trinajstić information content (AvgIpc) is 3.02. The van der Waals surface area contributed by atoms with Gasteiger partial charge in [-0.2, -0.15) is 0 Å². The van der Waals surface area contributed by atoms with Crippen LogP contribution in [0.25, 0.3) is 17.1 Å². The Morgan fingerprint density at radius 1 is 1.07 bits per heavy atom. The van der Waals surface area contributed by atoms with Crippen LogP contribution in [0.15, 0.2) is 52.1 Å². The molecule has 0 fully saturated rings. The lowest BCUT2D eigenvalue weighted by molar-refractivity contribution is -0.119. The van der Waals surface area contributed by atoms with Crippen LogP contribution in [-0.4, -0.2) is 32.0 Å². The Bertz CT molecular complexity index is 1000. The van der Waals surface area contributed by atoms with Crippen LogP contribution in [-0.2, 0) is 4.79 Å². The fourth-order valence-electron chi connectivity index (χ4n) is 3.05. The number of halogens is 1. The molecule has 0 saturated carbocycles. The number of carbonyl (C=O) groups excluding carboxylic acids is 1. The van der Waals surface area contributed by atoms with Gasteiger partial charge in [0.2, 0.25) is 5.91 Å². The number of nitrogens with one attached hydrogen (secondary N) is 1. The standard InChI is InChI=1S/C22H25BrN4OS/c1-14-10-15(2)12-18(11-14)27-20(16-6-8-17(23)9-7-16)25-26-21(27)29-13-19(28)24-22(3,4)5/h6-12H,13H2,1-5H3,(H,24,28). The second-order valence-electron chi connectivity index (χ2n) is 8.08. The van der Waals surface area contributed by atoms with E-state index in [1.807, 2.05) is 49.6 Å². The van der Waals surface area contributed by atoms with Crippen LogP contribution in [0.3, 0.4) is 0 Å². The number of benzene rings is 2. The molecule has 3 aromatic rings. The highest BCUT2D eigenvalue weighted by atomic mass is 79.9. The Morgan fingerprint density at radius 3 is 2.28 bits per heavy atom. The Hall–Kier alpha value is -2.12. The molecule has 1 amide bonds. The summed E-state index contributed by atoms with van der Waals surface area (Å²) in [7, 11) is 0. The number of rotatable bonds is 5. The minimum atomic E-state index is -0.262. The third kappa shape index (κ3) is 5.70. The summed E-state index contributed by atoms with van der Waals surface area (Å²) in [5.74, 6) is 1.00. The lowest BCUT2D eigenvalue weighted by Gasteiger charge is -2.20. The van der Waals surface area contributed by atoms with Crippen molar-refractivity contribution in [1.29, 1.82) is 0 Å². The summed E-state index contributed by atoms with van der Waals surface area (Å²) in [5.41, 5.74) is 4.02. The summed E-state index contributed by atoms with van der Waals surface area (Å²) >= 11 is 4.87. The molecule has 0 aliphatic carbocycles. The first-order chi connectivity index (χ1) is 13.6. The maximum absolute atomic E-state index is 12.3. The van der Waals surface area contributed by atoms with Gasteiger partial charge < -0.3 is 5.32 Å². The number of hydrogen-bond donors (Lipinski definition) is 1. The summed E-state index contributed by atoms with van der Waals surface area (Å²) in [4.78, 5) is 12.3. The first-order valence-electron chi connectivity index (χ1n) is 9.36. The quantitative estimate of drug-likeness (QED) is 0.510. The lowest BCUT2D eigenvalue weighted by atomic mass is 10.1. The maximum Gasteiger partial charge on any atom is 0.230 e. The van der Waals surface area contributed by atoms with E-state index in [1.165, 1.54) is 11.8 Å². The van der Waals surface area contributed by atoms with Gasteiger partial charge in [-0.05, 0) is 70.0 Å². The minimum absolute atomic E-state index is 0.0253. The zero-order valence-electron chi connectivity index (χ0n) is 17.3. The van der Waals surface area contributed by atoms with E-state index in [0.29, 0.717) is 5.16 Å². The molecular formula is C22H25BrN4OS. The van der Waals surface area contributed by atoms with E-state index in [9.17, 15) is 4.79 Å². The first-order valence-corrected chi connectivity index (χ1v) is 11.1. The minimum Gasteiger partial charge on any atom is -0.351 e. The highest BCUT2D eigenvalue weighted by Gasteiger charge is 2.19. The van der Waals surface area contributed by atoms with Gasteiger partial charge in [0.15, 0.2) is 11.0 Å². The zero-order chi connectivity index (χ0) is 21.2. The lowest BCUT2D eigenvalue weighted by Crippen LogP contribution is -2.41. The molecular weight excluding hydrogens is 448 g/mol. The number of amides is 1. The summed E-state index contributed by atoms with van der Waals surface area (Å²) < 4.78 is 3.03. The second-order valence-corrected chi connectivity index (χ2v) is 9.94. The van der Waals surface area contributed by atoms with Crippen molar-refractivity contribution >= 4 is 33.6 Å². The van der Waals surface area contributed by atoms with E-state index in [0.717, 1.165) is 32.7 Å². The maximum atomic E-state index is 12.3. The topological polar surface area (TPSA) is 59.8 Å². The first kappa shape index (κ1) is 21.6. The summed E-state index contributed by atoms with van der Waals surface area (Å²) in [5, 5.41) is 12.5. The summed E-state index contributed by atoms with van der Waals surface area (Å²) in [6.45, 7) is 10.1. The van der Waals surface area contributed by atoms with Crippen molar-refractivity contribution < 1.29 is 4.79 Å². The van der Waals surface area contributed by atoms with Crippen LogP contribution in [0.2, 0.25) is 0 Å². The fourth-order valence-corrected chi connectivity index (χ4v) is 4.06. The van der Waals surface area contributed by atoms with E-state index in [-0.39, 0.29) is 17.2 Å². The van der Waals surface area contributed by atoms with Gasteiger partial charge in [-0.1, -0.05) is 45.9 Å². The van der Waals surface area contributed by atoms with Crippen molar-refractivity contribution in [3.05, 3.63) is 58.1 Å². The van der Waals surface area contributed by atoms with E-state index < -0.39 is 0 Å². The van der Waals surface area contributed by atoms with E-state index in [1.54, 1.807) is 0 Å². The highest BCUT2D eigenvalue weighted by Crippen LogP contribution is 2.29. The molecule has 0 aliphatic rings. The van der Waals surface area contributed by atoms with Crippen molar-refractivity contribution in [2.24, 2.45) is 0 Å². The number of aryl methyl sites for hydroxylation is 2. The third-order valence-corrected chi connectivity index (χ3v) is 5.50. The molecule has 5 nitrogen and oxygen atoms in total. The number of carbonyl (C=O) groups is 1. The molecule has 1 aromatic heterocycles. The smallest absolute Gasteiger partial charge is 0.230 e. The fraction of sp³-hybridized carbons (Fsp3) is 0.318. The van der Waals surface area contributed by atoms with Gasteiger partial charge in [-0.15, -0.1) is 10.2 Å². The number of nitrogens with zero attached hydrogens (tertiary/aromatic N) is 3. The second kappa shape index (κ2) is 8.71. The molecule has 0 spiro atoms. The van der Waals surface area contributed by atoms with Crippen molar-refractivity contribution in [3.63, 3.8) is 0 Å². The predicted octanol–water partition coefficient (Wildman–Crippen LogP) is 5.32. The molecule has 0 unspecified atom stereocenters. The normalized spacial score (nSPS) is 11.5. The van der Waals surface area contributed by atoms with Gasteiger partial charge in [0.1, 0.15) is 0 Å². The number of aromatic nitrogens is 3. The summed E-state index contributed by atoms with van der Waals surface area (Å²) in [6.07, 6.45) is 0. The molecule has 3 rings (SSSR count). The summed E-state index contributed by atoms with van der Waals surface area (Å²) in [6, 6.07) is 14.3. The van der Waals surface area contributed by atoms with Crippen molar-refractivity contribution in [2.45, 2.75) is 45.3 Å². The average molecular weight is 473 g/mol. The molecule has 7 heteroatoms. The molecule has 0 radical (unpaired) electrons. The molecule has 0 saturated heterocycles. The van der Waals surface area contributed by atoms with Gasteiger partial charge in [0.25, 0.3) is 0 Å². The van der Waals surface area contributed by atoms with Crippen LogP contribution in [0.1, 0.15) is 31.9 Å². The van der Waals surface area contributed by atoms with Crippen molar-refractivity contribution in [2.75, 3.05) is 5.75 Å². The Balaban J connectivity index is 2.00. The van der Waals surface area contributed by atoms with Crippen LogP contribution < -0.4 is 5.32 Å². The van der Waals surface area contributed by atoms with Crippen molar-refractivity contribution in [3.8, 4) is 17.1 Å². The molecule has 1 heterocycles. The Kier molecular flexibility index (Phi) is 6.49. The van der Waals surface area contributed by atoms with E-state index in [4.69, 9.17) is 0 Å². The molecule has 0 atom stereocenters. The Labute approximate surface area is 184 Å². The molecule has 152 valence electrons. The molecule has 0 bridgehead atoms. The molecule has 29 heavy (non-hydrogen) atoms. The van der Waals surface area contributed by atoms with E-state index >= 15 is 0 Å². The molecule has 1 N–H and O–H groups in total. The monoisotopic (exact) mass is 472 g/mol. The van der Waals surface area contributed by atoms with Crippen LogP contribution in [0.4, 0.5) is 0 Å². The van der Waals surface area contributed by atoms with Gasteiger partial charge in [-0.3, -0.25) is 9.36 Å². The SMILES string of the molecule is Cc1cc(C)cc(-n2c(SCC(=O)NC(C)(C)C)nnc2-c2ccc(Br)cc2)c1. The van der Waals surface area contributed by atoms with Gasteiger partial charge in [0, 0.05) is 15.6 Å². The van der Waals surface area contributed by atoms with Crippen molar-refractivity contribution in [1.82, 2.24) is 20.1 Å². The zero-order valence-corrected chi connectivity index (χ0v) is 19.7. The largest absolute Gasteiger partial charge is 0.351 e. The van der Waals surface area contributed by atoms with Crippen LogP contribution in [0.5, 0.6) is 0 Å². The number of thioether (sulfide) groups is 1. The van der Waals surface area contributed by atoms with E-state index in [2.05, 4.69) is 63.5 Å². The molecule has 2 aromatic carbocycles. The van der Waals surface area contributed by atoms with Gasteiger partial charge >= 0.3 is 0 Å².